The number of alkyl halides is 3. The first-order valence-electron chi connectivity index (χ1n) is 3.81. The summed E-state index contributed by atoms with van der Waals surface area (Å²) in [6.45, 7) is 1.97. The summed E-state index contributed by atoms with van der Waals surface area (Å²) in [5, 5.41) is 0. The Morgan fingerprint density at radius 2 is 2.00 bits per heavy atom. The normalized spacial score (nSPS) is 13.5. The van der Waals surface area contributed by atoms with E-state index in [1.807, 2.05) is 6.92 Å². The van der Waals surface area contributed by atoms with Crippen LogP contribution in [0.25, 0.3) is 0 Å². The first-order chi connectivity index (χ1) is 5.45. The molecule has 0 aliphatic heterocycles. The molecule has 0 fully saturated rings. The number of hydrogen-bond donors (Lipinski definition) is 1. The Morgan fingerprint density at radius 1 is 1.42 bits per heavy atom. The van der Waals surface area contributed by atoms with Crippen molar-refractivity contribution in [3.8, 4) is 0 Å². The summed E-state index contributed by atoms with van der Waals surface area (Å²) in [4.78, 5) is 3.74. The van der Waals surface area contributed by atoms with Gasteiger partial charge in [0, 0.05) is 19.4 Å². The van der Waals surface area contributed by atoms with Gasteiger partial charge in [-0.2, -0.15) is 13.2 Å². The fourth-order valence-electron chi connectivity index (χ4n) is 0.614. The van der Waals surface area contributed by atoms with Gasteiger partial charge in [-0.1, -0.05) is 6.92 Å². The van der Waals surface area contributed by atoms with Gasteiger partial charge in [-0.25, -0.2) is 0 Å². The Hall–Kier alpha value is -0.740. The zero-order valence-electron chi connectivity index (χ0n) is 6.99. The molecule has 12 heavy (non-hydrogen) atoms. The van der Waals surface area contributed by atoms with E-state index in [4.69, 9.17) is 5.73 Å². The molecule has 0 aliphatic rings. The van der Waals surface area contributed by atoms with E-state index in [0.717, 1.165) is 0 Å². The van der Waals surface area contributed by atoms with E-state index < -0.39 is 12.6 Å². The number of aliphatic imine (C=N–C) groups is 1. The van der Waals surface area contributed by atoms with Crippen molar-refractivity contribution in [2.45, 2.75) is 32.4 Å². The molecule has 2 nitrogen and oxygen atoms in total. The maximum absolute atomic E-state index is 11.6. The van der Waals surface area contributed by atoms with E-state index in [-0.39, 0.29) is 13.0 Å². The zero-order valence-corrected chi connectivity index (χ0v) is 6.99. The molecular formula is C7H13F3N2. The van der Waals surface area contributed by atoms with Gasteiger partial charge in [0.25, 0.3) is 0 Å². The lowest BCUT2D eigenvalue weighted by molar-refractivity contribution is -0.134. The minimum Gasteiger partial charge on any atom is -0.387 e. The predicted octanol–water partition coefficient (Wildman–Crippen LogP) is 2.10. The molecule has 0 aromatic rings. The third-order valence-corrected chi connectivity index (χ3v) is 1.30. The summed E-state index contributed by atoms with van der Waals surface area (Å²) in [7, 11) is 0. The predicted molar refractivity (Wildman–Crippen MR) is 42.1 cm³/mol. The van der Waals surface area contributed by atoms with Crippen molar-refractivity contribution < 1.29 is 13.2 Å². The molecule has 0 bridgehead atoms. The highest BCUT2D eigenvalue weighted by atomic mass is 19.4. The lowest BCUT2D eigenvalue weighted by Gasteiger charge is -2.03. The minimum atomic E-state index is -4.07. The van der Waals surface area contributed by atoms with Crippen LogP contribution in [0.4, 0.5) is 13.2 Å². The van der Waals surface area contributed by atoms with Gasteiger partial charge in [-0.15, -0.1) is 0 Å². The van der Waals surface area contributed by atoms with Gasteiger partial charge in [-0.3, -0.25) is 4.99 Å². The van der Waals surface area contributed by atoms with Crippen molar-refractivity contribution in [2.75, 3.05) is 6.54 Å². The van der Waals surface area contributed by atoms with Crippen molar-refractivity contribution in [2.24, 2.45) is 10.7 Å². The van der Waals surface area contributed by atoms with E-state index in [2.05, 4.69) is 4.99 Å². The summed E-state index contributed by atoms with van der Waals surface area (Å²) >= 11 is 0. The minimum absolute atomic E-state index is 0.0181. The van der Waals surface area contributed by atoms with Gasteiger partial charge in [-0.05, 0) is 6.42 Å². The van der Waals surface area contributed by atoms with Crippen molar-refractivity contribution in [3.05, 3.63) is 0 Å². The maximum Gasteiger partial charge on any atom is 0.389 e. The maximum atomic E-state index is 11.6. The molecule has 0 amide bonds. The topological polar surface area (TPSA) is 38.4 Å². The molecule has 72 valence electrons. The number of nitrogens with two attached hydrogens (primary N) is 1. The Morgan fingerprint density at radius 3 is 2.42 bits per heavy atom. The Balaban J connectivity index is 3.45. The molecule has 0 radical (unpaired) electrons. The second-order valence-electron chi connectivity index (χ2n) is 2.45. The Bertz CT molecular complexity index is 151. The molecule has 0 saturated heterocycles. The molecular weight excluding hydrogens is 169 g/mol. The molecule has 2 N–H and O–H groups in total. The zero-order chi connectivity index (χ0) is 9.61. The highest BCUT2D eigenvalue weighted by molar-refractivity contribution is 5.79. The molecule has 0 aromatic heterocycles. The fraction of sp³-hybridized carbons (Fsp3) is 0.857. The summed E-state index contributed by atoms with van der Waals surface area (Å²) in [5.74, 6) is 0.414. The number of hydrogen-bond acceptors (Lipinski definition) is 1. The molecule has 0 aliphatic carbocycles. The lowest BCUT2D eigenvalue weighted by atomic mass is 10.3. The summed E-state index contributed by atoms with van der Waals surface area (Å²) in [6, 6.07) is 0. The molecule has 0 heterocycles. The molecule has 5 heteroatoms. The quantitative estimate of drug-likeness (QED) is 0.403. The highest BCUT2D eigenvalue weighted by Gasteiger charge is 2.25. The molecule has 0 saturated carbocycles. The molecule has 0 spiro atoms. The second-order valence-corrected chi connectivity index (χ2v) is 2.45. The largest absolute Gasteiger partial charge is 0.389 e. The van der Waals surface area contributed by atoms with Gasteiger partial charge in [0.1, 0.15) is 0 Å². The van der Waals surface area contributed by atoms with Gasteiger partial charge in [0.05, 0.1) is 5.84 Å². The highest BCUT2D eigenvalue weighted by Crippen LogP contribution is 2.20. The first-order valence-corrected chi connectivity index (χ1v) is 3.81. The van der Waals surface area contributed by atoms with Gasteiger partial charge >= 0.3 is 6.18 Å². The number of rotatable bonds is 4. The van der Waals surface area contributed by atoms with E-state index in [1.165, 1.54) is 0 Å². The molecule has 0 atom stereocenters. The fourth-order valence-corrected chi connectivity index (χ4v) is 0.614. The Labute approximate surface area is 69.7 Å². The van der Waals surface area contributed by atoms with Gasteiger partial charge < -0.3 is 5.73 Å². The second kappa shape index (κ2) is 5.00. The molecule has 0 aromatic carbocycles. The number of amidine groups is 1. The van der Waals surface area contributed by atoms with Gasteiger partial charge in [0.2, 0.25) is 0 Å². The van der Waals surface area contributed by atoms with Crippen LogP contribution >= 0.6 is 0 Å². The standard InChI is InChI=1S/C7H13F3N2/c1-2-6(11)12-5-3-4-7(8,9)10/h2-5H2,1H3,(H2,11,12). The summed E-state index contributed by atoms with van der Waals surface area (Å²) < 4.78 is 34.7. The average Bonchev–Trinajstić information content (AvgIpc) is 1.96. The van der Waals surface area contributed by atoms with Crippen LogP contribution in [0, 0.1) is 0 Å². The van der Waals surface area contributed by atoms with Crippen molar-refractivity contribution in [3.63, 3.8) is 0 Å². The third kappa shape index (κ3) is 7.37. The average molecular weight is 182 g/mol. The number of halogens is 3. The van der Waals surface area contributed by atoms with Crippen LogP contribution in [0.15, 0.2) is 4.99 Å². The van der Waals surface area contributed by atoms with E-state index >= 15 is 0 Å². The van der Waals surface area contributed by atoms with Crippen molar-refractivity contribution in [1.29, 1.82) is 0 Å². The van der Waals surface area contributed by atoms with Crippen LogP contribution in [-0.2, 0) is 0 Å². The smallest absolute Gasteiger partial charge is 0.387 e. The number of nitrogens with zero attached hydrogens (tertiary/aromatic N) is 1. The van der Waals surface area contributed by atoms with Crippen LogP contribution in [0.5, 0.6) is 0 Å². The monoisotopic (exact) mass is 182 g/mol. The van der Waals surface area contributed by atoms with Crippen LogP contribution in [0.1, 0.15) is 26.2 Å². The third-order valence-electron chi connectivity index (χ3n) is 1.30. The first kappa shape index (κ1) is 11.3. The Kier molecular flexibility index (Phi) is 4.70. The van der Waals surface area contributed by atoms with Crippen molar-refractivity contribution in [1.82, 2.24) is 0 Å². The van der Waals surface area contributed by atoms with Crippen LogP contribution in [-0.4, -0.2) is 18.6 Å². The molecule has 0 rings (SSSR count). The summed E-state index contributed by atoms with van der Waals surface area (Å²) in [5.41, 5.74) is 5.29. The van der Waals surface area contributed by atoms with Crippen LogP contribution in [0.2, 0.25) is 0 Å². The van der Waals surface area contributed by atoms with Gasteiger partial charge in [0.15, 0.2) is 0 Å². The van der Waals surface area contributed by atoms with Crippen LogP contribution < -0.4 is 5.73 Å². The lowest BCUT2D eigenvalue weighted by Crippen LogP contribution is -2.12. The summed E-state index contributed by atoms with van der Waals surface area (Å²) in [6.07, 6.45) is -4.25. The van der Waals surface area contributed by atoms with Crippen molar-refractivity contribution >= 4 is 5.84 Å². The van der Waals surface area contributed by atoms with E-state index in [9.17, 15) is 13.2 Å². The van der Waals surface area contributed by atoms with E-state index in [1.54, 1.807) is 0 Å². The van der Waals surface area contributed by atoms with E-state index in [0.29, 0.717) is 12.3 Å². The van der Waals surface area contributed by atoms with Crippen LogP contribution in [0.3, 0.4) is 0 Å². The SMILES string of the molecule is CCC(N)=NCCCC(F)(F)F. The molecule has 0 unspecified atom stereocenters.